The Kier molecular flexibility index (Phi) is 13.4. The fourth-order valence-electron chi connectivity index (χ4n) is 1.75. The van der Waals surface area contributed by atoms with Crippen molar-refractivity contribution in [2.45, 2.75) is 57.9 Å². The Balaban J connectivity index is 3.12. The van der Waals surface area contributed by atoms with Crippen molar-refractivity contribution in [3.8, 4) is 0 Å². The molecule has 1 unspecified atom stereocenters. The van der Waals surface area contributed by atoms with Gasteiger partial charge in [0.2, 0.25) is 0 Å². The Hall–Kier alpha value is 0.210. The third-order valence-electron chi connectivity index (χ3n) is 2.77. The van der Waals surface area contributed by atoms with Gasteiger partial charge in [-0.25, -0.2) is 0 Å². The average molecular weight is 250 g/mol. The lowest BCUT2D eigenvalue weighted by Crippen LogP contribution is -2.35. The SMILES string of the molecule is CCCCCCCCCNC(CCl)COC. The van der Waals surface area contributed by atoms with Crippen LogP contribution >= 0.6 is 11.6 Å². The van der Waals surface area contributed by atoms with Crippen LogP contribution in [0, 0.1) is 0 Å². The summed E-state index contributed by atoms with van der Waals surface area (Å²) in [6.07, 6.45) is 9.47. The molecule has 0 saturated carbocycles. The van der Waals surface area contributed by atoms with Gasteiger partial charge >= 0.3 is 0 Å². The Bertz CT molecular complexity index is 133. The van der Waals surface area contributed by atoms with Crippen LogP contribution in [-0.4, -0.2) is 32.2 Å². The average Bonchev–Trinajstić information content (AvgIpc) is 2.31. The zero-order valence-corrected chi connectivity index (χ0v) is 11.7. The van der Waals surface area contributed by atoms with E-state index in [1.54, 1.807) is 7.11 Å². The second-order valence-electron chi connectivity index (χ2n) is 4.38. The maximum atomic E-state index is 5.80. The van der Waals surface area contributed by atoms with Crippen molar-refractivity contribution < 1.29 is 4.74 Å². The summed E-state index contributed by atoms with van der Waals surface area (Å²) >= 11 is 5.80. The van der Waals surface area contributed by atoms with Gasteiger partial charge in [-0.05, 0) is 13.0 Å². The van der Waals surface area contributed by atoms with Gasteiger partial charge in [0.1, 0.15) is 0 Å². The topological polar surface area (TPSA) is 21.3 Å². The fourth-order valence-corrected chi connectivity index (χ4v) is 1.95. The normalized spacial score (nSPS) is 12.9. The first-order valence-corrected chi connectivity index (χ1v) is 7.16. The van der Waals surface area contributed by atoms with Crippen molar-refractivity contribution in [2.24, 2.45) is 0 Å². The number of nitrogens with one attached hydrogen (secondary N) is 1. The van der Waals surface area contributed by atoms with Crippen molar-refractivity contribution in [2.75, 3.05) is 26.1 Å². The lowest BCUT2D eigenvalue weighted by molar-refractivity contribution is 0.173. The molecule has 16 heavy (non-hydrogen) atoms. The molecule has 0 saturated heterocycles. The number of hydrogen-bond acceptors (Lipinski definition) is 2. The highest BCUT2D eigenvalue weighted by molar-refractivity contribution is 6.18. The fraction of sp³-hybridized carbons (Fsp3) is 1.00. The molecular weight excluding hydrogens is 222 g/mol. The third-order valence-corrected chi connectivity index (χ3v) is 3.14. The summed E-state index contributed by atoms with van der Waals surface area (Å²) in [5.41, 5.74) is 0. The number of rotatable bonds is 12. The van der Waals surface area contributed by atoms with Crippen LogP contribution in [0.2, 0.25) is 0 Å². The highest BCUT2D eigenvalue weighted by atomic mass is 35.5. The van der Waals surface area contributed by atoms with Crippen molar-refractivity contribution in [1.82, 2.24) is 5.32 Å². The minimum atomic E-state index is 0.312. The second-order valence-corrected chi connectivity index (χ2v) is 4.69. The van der Waals surface area contributed by atoms with Gasteiger partial charge in [0.15, 0.2) is 0 Å². The zero-order valence-electron chi connectivity index (χ0n) is 10.9. The Morgan fingerprint density at radius 3 is 2.25 bits per heavy atom. The summed E-state index contributed by atoms with van der Waals surface area (Å²) in [6.45, 7) is 4.03. The van der Waals surface area contributed by atoms with Gasteiger partial charge in [-0.3, -0.25) is 0 Å². The molecule has 0 aliphatic rings. The molecular formula is C13H28ClNO. The number of hydrogen-bond donors (Lipinski definition) is 1. The van der Waals surface area contributed by atoms with Crippen LogP contribution in [0.15, 0.2) is 0 Å². The molecule has 0 aromatic heterocycles. The van der Waals surface area contributed by atoms with Crippen LogP contribution in [0.25, 0.3) is 0 Å². The van der Waals surface area contributed by atoms with Gasteiger partial charge in [0.05, 0.1) is 6.61 Å². The molecule has 0 heterocycles. The van der Waals surface area contributed by atoms with Crippen LogP contribution in [0.1, 0.15) is 51.9 Å². The minimum Gasteiger partial charge on any atom is -0.383 e. The van der Waals surface area contributed by atoms with Crippen LogP contribution in [0.4, 0.5) is 0 Å². The van der Waals surface area contributed by atoms with Gasteiger partial charge in [-0.15, -0.1) is 11.6 Å². The van der Waals surface area contributed by atoms with E-state index in [1.807, 2.05) is 0 Å². The van der Waals surface area contributed by atoms with Crippen LogP contribution < -0.4 is 5.32 Å². The van der Waals surface area contributed by atoms with Gasteiger partial charge in [0, 0.05) is 19.0 Å². The van der Waals surface area contributed by atoms with Crippen LogP contribution in [0.5, 0.6) is 0 Å². The Morgan fingerprint density at radius 1 is 1.06 bits per heavy atom. The number of unbranched alkanes of at least 4 members (excludes halogenated alkanes) is 6. The predicted octanol–water partition coefficient (Wildman–Crippen LogP) is 3.58. The maximum absolute atomic E-state index is 5.80. The van der Waals surface area contributed by atoms with Gasteiger partial charge < -0.3 is 10.1 Å². The molecule has 0 amide bonds. The van der Waals surface area contributed by atoms with Crippen LogP contribution in [-0.2, 0) is 4.74 Å². The van der Waals surface area contributed by atoms with Crippen molar-refractivity contribution in [1.29, 1.82) is 0 Å². The number of halogens is 1. The van der Waals surface area contributed by atoms with E-state index in [0.29, 0.717) is 18.5 Å². The predicted molar refractivity (Wildman–Crippen MR) is 72.4 cm³/mol. The standard InChI is InChI=1S/C13H28ClNO/c1-3-4-5-6-7-8-9-10-15-13(11-14)12-16-2/h13,15H,3-12H2,1-2H3. The molecule has 3 heteroatoms. The van der Waals surface area contributed by atoms with E-state index in [2.05, 4.69) is 12.2 Å². The van der Waals surface area contributed by atoms with Crippen LogP contribution in [0.3, 0.4) is 0 Å². The molecule has 0 rings (SSSR count). The van der Waals surface area contributed by atoms with E-state index in [1.165, 1.54) is 44.9 Å². The molecule has 1 N–H and O–H groups in total. The monoisotopic (exact) mass is 249 g/mol. The van der Waals surface area contributed by atoms with E-state index in [9.17, 15) is 0 Å². The molecule has 0 aliphatic carbocycles. The maximum Gasteiger partial charge on any atom is 0.0627 e. The molecule has 0 fully saturated rings. The van der Waals surface area contributed by atoms with Gasteiger partial charge in [-0.2, -0.15) is 0 Å². The Labute approximate surface area is 106 Å². The summed E-state index contributed by atoms with van der Waals surface area (Å²) < 4.78 is 5.07. The molecule has 0 spiro atoms. The smallest absolute Gasteiger partial charge is 0.0627 e. The van der Waals surface area contributed by atoms with Gasteiger partial charge in [0.25, 0.3) is 0 Å². The van der Waals surface area contributed by atoms with Crippen molar-refractivity contribution in [3.63, 3.8) is 0 Å². The third kappa shape index (κ3) is 10.7. The molecule has 98 valence electrons. The first-order valence-electron chi connectivity index (χ1n) is 6.63. The minimum absolute atomic E-state index is 0.312. The first kappa shape index (κ1) is 16.2. The highest BCUT2D eigenvalue weighted by Crippen LogP contribution is 2.06. The van der Waals surface area contributed by atoms with E-state index in [0.717, 1.165) is 6.54 Å². The Morgan fingerprint density at radius 2 is 1.69 bits per heavy atom. The number of ether oxygens (including phenoxy) is 1. The van der Waals surface area contributed by atoms with Gasteiger partial charge in [-0.1, -0.05) is 45.4 Å². The lowest BCUT2D eigenvalue weighted by Gasteiger charge is -2.14. The van der Waals surface area contributed by atoms with E-state index in [-0.39, 0.29) is 0 Å². The largest absolute Gasteiger partial charge is 0.383 e. The van der Waals surface area contributed by atoms with Crippen molar-refractivity contribution in [3.05, 3.63) is 0 Å². The highest BCUT2D eigenvalue weighted by Gasteiger charge is 2.04. The second kappa shape index (κ2) is 13.3. The summed E-state index contributed by atoms with van der Waals surface area (Å²) in [6, 6.07) is 0.312. The van der Waals surface area contributed by atoms with E-state index in [4.69, 9.17) is 16.3 Å². The first-order chi connectivity index (χ1) is 7.85. The lowest BCUT2D eigenvalue weighted by atomic mass is 10.1. The molecule has 2 nitrogen and oxygen atoms in total. The molecule has 0 bridgehead atoms. The van der Waals surface area contributed by atoms with E-state index >= 15 is 0 Å². The summed E-state index contributed by atoms with van der Waals surface area (Å²) in [7, 11) is 1.72. The molecule has 0 aromatic rings. The van der Waals surface area contributed by atoms with E-state index < -0.39 is 0 Å². The molecule has 0 aliphatic heterocycles. The number of alkyl halides is 1. The summed E-state index contributed by atoms with van der Waals surface area (Å²) in [5, 5.41) is 3.42. The quantitative estimate of drug-likeness (QED) is 0.422. The molecule has 0 aromatic carbocycles. The molecule has 0 radical (unpaired) electrons. The summed E-state index contributed by atoms with van der Waals surface area (Å²) in [5.74, 6) is 0.629. The zero-order chi connectivity index (χ0) is 12.1. The summed E-state index contributed by atoms with van der Waals surface area (Å²) in [4.78, 5) is 0. The van der Waals surface area contributed by atoms with Crippen molar-refractivity contribution >= 4 is 11.6 Å². The number of methoxy groups -OCH3 is 1. The molecule has 1 atom stereocenters.